The maximum absolute atomic E-state index is 11.6. The van der Waals surface area contributed by atoms with Crippen LogP contribution in [0.4, 0.5) is 0 Å². The molecule has 0 unspecified atom stereocenters. The van der Waals surface area contributed by atoms with Gasteiger partial charge in [-0.15, -0.1) is 0 Å². The average molecular weight is 538 g/mol. The highest BCUT2D eigenvalue weighted by Crippen LogP contribution is 2.36. The van der Waals surface area contributed by atoms with Crippen LogP contribution in [0.1, 0.15) is 21.6 Å². The highest BCUT2D eigenvalue weighted by molar-refractivity contribution is 9.10. The number of aryl methyl sites for hydroxylation is 1. The molecule has 178 valence electrons. The number of aromatic nitrogens is 1. The summed E-state index contributed by atoms with van der Waals surface area (Å²) in [5.74, 6) is -0.207. The number of hydrogen-bond acceptors (Lipinski definition) is 2. The Bertz CT molecular complexity index is 1540. The molecule has 4 aromatic carbocycles. The summed E-state index contributed by atoms with van der Waals surface area (Å²) in [7, 11) is 0. The first-order valence-electron chi connectivity index (χ1n) is 11.6. The van der Waals surface area contributed by atoms with Gasteiger partial charge in [0.05, 0.1) is 11.3 Å². The molecule has 0 atom stereocenters. The summed E-state index contributed by atoms with van der Waals surface area (Å²) in [6.45, 7) is 2.42. The monoisotopic (exact) mass is 537 g/mol. The molecule has 4 nitrogen and oxygen atoms in total. The summed E-state index contributed by atoms with van der Waals surface area (Å²) in [5, 5.41) is 9.49. The summed E-state index contributed by atoms with van der Waals surface area (Å²) in [6.07, 6.45) is 0. The molecule has 0 radical (unpaired) electrons. The average Bonchev–Trinajstić information content (AvgIpc) is 3.29. The first-order valence-corrected chi connectivity index (χ1v) is 12.4. The van der Waals surface area contributed by atoms with Gasteiger partial charge in [0.15, 0.2) is 0 Å². The first kappa shape index (κ1) is 23.6. The van der Waals surface area contributed by atoms with Crippen molar-refractivity contribution in [1.29, 1.82) is 0 Å². The highest BCUT2D eigenvalue weighted by Gasteiger charge is 2.16. The SMILES string of the molecule is Cc1ccc(-c2cc(Br)ccc2OCc2ccccc2-c2ccccc2)n1-c1cccc(C(=O)O)c1. The normalized spacial score (nSPS) is 10.8. The van der Waals surface area contributed by atoms with Gasteiger partial charge in [0.25, 0.3) is 0 Å². The van der Waals surface area contributed by atoms with E-state index in [0.717, 1.165) is 49.6 Å². The van der Waals surface area contributed by atoms with Crippen LogP contribution >= 0.6 is 15.9 Å². The standard InChI is InChI=1S/C31H24BrNO3/c1-21-14-16-29(33(21)26-12-7-11-23(18-26)31(34)35)28-19-25(32)15-17-30(28)36-20-24-10-5-6-13-27(24)22-8-3-2-4-9-22/h2-19H,20H2,1H3,(H,34,35). The number of carboxylic acid groups (broad SMARTS) is 1. The minimum Gasteiger partial charge on any atom is -0.488 e. The summed E-state index contributed by atoms with van der Waals surface area (Å²) in [5.41, 5.74) is 7.24. The third-order valence-corrected chi connectivity index (χ3v) is 6.62. The molecule has 1 heterocycles. The lowest BCUT2D eigenvalue weighted by Crippen LogP contribution is -2.04. The van der Waals surface area contributed by atoms with Gasteiger partial charge in [0.1, 0.15) is 12.4 Å². The minimum atomic E-state index is -0.952. The molecule has 0 fully saturated rings. The molecule has 0 aliphatic heterocycles. The zero-order chi connectivity index (χ0) is 25.1. The molecular weight excluding hydrogens is 514 g/mol. The van der Waals surface area contributed by atoms with Crippen LogP contribution in [0.5, 0.6) is 5.75 Å². The molecule has 0 aliphatic rings. The van der Waals surface area contributed by atoms with Crippen LogP contribution in [0.3, 0.4) is 0 Å². The number of nitrogens with zero attached hydrogens (tertiary/aromatic N) is 1. The molecule has 0 bridgehead atoms. The van der Waals surface area contributed by atoms with E-state index in [1.54, 1.807) is 18.2 Å². The Morgan fingerprint density at radius 1 is 0.833 bits per heavy atom. The van der Waals surface area contributed by atoms with Gasteiger partial charge in [-0.1, -0.05) is 76.6 Å². The second kappa shape index (κ2) is 10.3. The van der Waals surface area contributed by atoms with Crippen molar-refractivity contribution in [3.05, 3.63) is 130 Å². The fourth-order valence-electron chi connectivity index (χ4n) is 4.40. The molecule has 1 aromatic heterocycles. The Hall–Kier alpha value is -4.09. The van der Waals surface area contributed by atoms with E-state index in [0.29, 0.717) is 6.61 Å². The van der Waals surface area contributed by atoms with Crippen molar-refractivity contribution in [3.63, 3.8) is 0 Å². The number of aromatic carboxylic acids is 1. The Morgan fingerprint density at radius 3 is 2.42 bits per heavy atom. The first-order chi connectivity index (χ1) is 17.5. The van der Waals surface area contributed by atoms with Crippen molar-refractivity contribution >= 4 is 21.9 Å². The Balaban J connectivity index is 1.53. The van der Waals surface area contributed by atoms with E-state index >= 15 is 0 Å². The second-order valence-electron chi connectivity index (χ2n) is 8.50. The van der Waals surface area contributed by atoms with Crippen molar-refractivity contribution in [1.82, 2.24) is 4.57 Å². The zero-order valence-electron chi connectivity index (χ0n) is 19.7. The van der Waals surface area contributed by atoms with Crippen LogP contribution < -0.4 is 4.74 Å². The van der Waals surface area contributed by atoms with Crippen molar-refractivity contribution in [2.45, 2.75) is 13.5 Å². The fraction of sp³-hybridized carbons (Fsp3) is 0.0645. The van der Waals surface area contributed by atoms with Crippen LogP contribution in [0.25, 0.3) is 28.1 Å². The highest BCUT2D eigenvalue weighted by atomic mass is 79.9. The second-order valence-corrected chi connectivity index (χ2v) is 9.42. The number of hydrogen-bond donors (Lipinski definition) is 1. The lowest BCUT2D eigenvalue weighted by atomic mass is 10.0. The molecule has 0 spiro atoms. The summed E-state index contributed by atoms with van der Waals surface area (Å²) in [6, 6.07) is 35.5. The van der Waals surface area contributed by atoms with E-state index in [2.05, 4.69) is 44.8 Å². The van der Waals surface area contributed by atoms with E-state index in [1.165, 1.54) is 0 Å². The van der Waals surface area contributed by atoms with Crippen molar-refractivity contribution in [2.75, 3.05) is 0 Å². The molecule has 5 aromatic rings. The van der Waals surface area contributed by atoms with E-state index in [-0.39, 0.29) is 5.56 Å². The number of carboxylic acids is 1. The Kier molecular flexibility index (Phi) is 6.74. The molecule has 0 saturated carbocycles. The van der Waals surface area contributed by atoms with Crippen LogP contribution in [0, 0.1) is 6.92 Å². The predicted octanol–water partition coefficient (Wildman–Crippen LogP) is 8.16. The minimum absolute atomic E-state index is 0.245. The lowest BCUT2D eigenvalue weighted by Gasteiger charge is -2.17. The van der Waals surface area contributed by atoms with Crippen LogP contribution in [0.15, 0.2) is 114 Å². The van der Waals surface area contributed by atoms with E-state index in [1.807, 2.05) is 73.7 Å². The fourth-order valence-corrected chi connectivity index (χ4v) is 4.76. The molecular formula is C31H24BrNO3. The maximum atomic E-state index is 11.6. The number of rotatable bonds is 7. The van der Waals surface area contributed by atoms with Crippen molar-refractivity contribution in [2.24, 2.45) is 0 Å². The quantitative estimate of drug-likeness (QED) is 0.228. The lowest BCUT2D eigenvalue weighted by molar-refractivity contribution is 0.0697. The number of ether oxygens (including phenoxy) is 1. The van der Waals surface area contributed by atoms with Gasteiger partial charge >= 0.3 is 5.97 Å². The number of benzene rings is 4. The topological polar surface area (TPSA) is 51.5 Å². The van der Waals surface area contributed by atoms with Gasteiger partial charge in [-0.3, -0.25) is 0 Å². The summed E-state index contributed by atoms with van der Waals surface area (Å²) in [4.78, 5) is 11.6. The summed E-state index contributed by atoms with van der Waals surface area (Å²) < 4.78 is 9.41. The van der Waals surface area contributed by atoms with Crippen LogP contribution in [-0.4, -0.2) is 15.6 Å². The Morgan fingerprint density at radius 2 is 1.61 bits per heavy atom. The van der Waals surface area contributed by atoms with Crippen molar-refractivity contribution in [3.8, 4) is 33.8 Å². The predicted molar refractivity (Wildman–Crippen MR) is 147 cm³/mol. The number of halogens is 1. The zero-order valence-corrected chi connectivity index (χ0v) is 21.3. The molecule has 5 rings (SSSR count). The van der Waals surface area contributed by atoms with Crippen LogP contribution in [-0.2, 0) is 6.61 Å². The molecule has 36 heavy (non-hydrogen) atoms. The van der Waals surface area contributed by atoms with Gasteiger partial charge in [-0.25, -0.2) is 4.79 Å². The van der Waals surface area contributed by atoms with Crippen molar-refractivity contribution < 1.29 is 14.6 Å². The van der Waals surface area contributed by atoms with E-state index < -0.39 is 5.97 Å². The molecule has 5 heteroatoms. The van der Waals surface area contributed by atoms with Crippen LogP contribution in [0.2, 0.25) is 0 Å². The Labute approximate surface area is 218 Å². The molecule has 0 amide bonds. The summed E-state index contributed by atoms with van der Waals surface area (Å²) >= 11 is 3.61. The molecule has 0 aliphatic carbocycles. The smallest absolute Gasteiger partial charge is 0.335 e. The van der Waals surface area contributed by atoms with E-state index in [4.69, 9.17) is 4.74 Å². The third-order valence-electron chi connectivity index (χ3n) is 6.13. The van der Waals surface area contributed by atoms with E-state index in [9.17, 15) is 9.90 Å². The maximum Gasteiger partial charge on any atom is 0.335 e. The van der Waals surface area contributed by atoms with Gasteiger partial charge in [-0.2, -0.15) is 0 Å². The largest absolute Gasteiger partial charge is 0.488 e. The number of carbonyl (C=O) groups is 1. The van der Waals surface area contributed by atoms with Gasteiger partial charge in [0.2, 0.25) is 0 Å². The van der Waals surface area contributed by atoms with Gasteiger partial charge < -0.3 is 14.4 Å². The third kappa shape index (κ3) is 4.83. The molecule has 1 N–H and O–H groups in total. The molecule has 0 saturated heterocycles. The van der Waals surface area contributed by atoms with Gasteiger partial charge in [-0.05, 0) is 72.1 Å². The van der Waals surface area contributed by atoms with Gasteiger partial charge in [0, 0.05) is 21.4 Å².